The largest absolute Gasteiger partial charge is 0.382 e. The lowest BCUT2D eigenvalue weighted by atomic mass is 10.2. The van der Waals surface area contributed by atoms with Gasteiger partial charge in [0.1, 0.15) is 5.82 Å². The maximum absolute atomic E-state index is 5.63. The Morgan fingerprint density at radius 2 is 2.09 bits per heavy atom. The molecule has 0 unspecified atom stereocenters. The summed E-state index contributed by atoms with van der Waals surface area (Å²) in [5.74, 6) is 0.488. The van der Waals surface area contributed by atoms with Gasteiger partial charge in [-0.05, 0) is 12.1 Å². The molecular formula is C7H6ClN3. The summed E-state index contributed by atoms with van der Waals surface area (Å²) in [6, 6.07) is 7.55. The van der Waals surface area contributed by atoms with Gasteiger partial charge in [-0.1, -0.05) is 12.1 Å². The Bertz CT molecular complexity index is 393. The van der Waals surface area contributed by atoms with Gasteiger partial charge < -0.3 is 5.73 Å². The third-order valence-electron chi connectivity index (χ3n) is 1.57. The van der Waals surface area contributed by atoms with Gasteiger partial charge in [-0.3, -0.25) is 0 Å². The van der Waals surface area contributed by atoms with Gasteiger partial charge in [-0.25, -0.2) is 0 Å². The number of hydrogen-bond acceptors (Lipinski definition) is 2. The minimum absolute atomic E-state index is 0.488. The van der Waals surface area contributed by atoms with Gasteiger partial charge in [0.15, 0.2) is 0 Å². The van der Waals surface area contributed by atoms with Crippen LogP contribution in [0.4, 0.5) is 5.82 Å². The minimum atomic E-state index is 0.488. The van der Waals surface area contributed by atoms with Crippen LogP contribution in [0.3, 0.4) is 0 Å². The van der Waals surface area contributed by atoms with Crippen molar-refractivity contribution in [2.24, 2.45) is 0 Å². The second-order valence-corrected chi connectivity index (χ2v) is 2.58. The third kappa shape index (κ3) is 0.851. The van der Waals surface area contributed by atoms with E-state index in [4.69, 9.17) is 17.5 Å². The molecule has 11 heavy (non-hydrogen) atoms. The van der Waals surface area contributed by atoms with E-state index < -0.39 is 0 Å². The van der Waals surface area contributed by atoms with Crippen LogP contribution in [0.15, 0.2) is 24.3 Å². The maximum Gasteiger partial charge on any atom is 0.148 e. The van der Waals surface area contributed by atoms with Gasteiger partial charge in [-0.15, -0.1) is 0 Å². The van der Waals surface area contributed by atoms with E-state index >= 15 is 0 Å². The summed E-state index contributed by atoms with van der Waals surface area (Å²) in [7, 11) is 0. The van der Waals surface area contributed by atoms with Crippen molar-refractivity contribution in [2.45, 2.75) is 0 Å². The van der Waals surface area contributed by atoms with E-state index in [1.165, 1.54) is 0 Å². The van der Waals surface area contributed by atoms with Crippen molar-refractivity contribution >= 4 is 28.5 Å². The highest BCUT2D eigenvalue weighted by atomic mass is 35.5. The number of fused-ring (bicyclic) bond motifs is 1. The van der Waals surface area contributed by atoms with E-state index in [1.807, 2.05) is 24.3 Å². The Hall–Kier alpha value is -1.22. The van der Waals surface area contributed by atoms with E-state index in [9.17, 15) is 0 Å². The Morgan fingerprint density at radius 3 is 2.82 bits per heavy atom. The van der Waals surface area contributed by atoms with Crippen LogP contribution in [-0.2, 0) is 0 Å². The zero-order chi connectivity index (χ0) is 7.84. The Kier molecular flexibility index (Phi) is 1.26. The predicted molar refractivity (Wildman–Crippen MR) is 45.4 cm³/mol. The highest BCUT2D eigenvalue weighted by Crippen LogP contribution is 2.19. The predicted octanol–water partition coefficient (Wildman–Crippen LogP) is 1.62. The average molecular weight is 168 g/mol. The SMILES string of the molecule is Nc1c2ccccc2nn1Cl. The van der Waals surface area contributed by atoms with Gasteiger partial charge in [0, 0.05) is 17.2 Å². The summed E-state index contributed by atoms with van der Waals surface area (Å²) < 4.78 is 1.16. The zero-order valence-electron chi connectivity index (χ0n) is 5.66. The van der Waals surface area contributed by atoms with Crippen LogP contribution < -0.4 is 5.73 Å². The lowest BCUT2D eigenvalue weighted by molar-refractivity contribution is 1.03. The molecule has 0 saturated heterocycles. The number of benzene rings is 1. The average Bonchev–Trinajstić information content (AvgIpc) is 2.30. The number of hydrogen-bond donors (Lipinski definition) is 1. The van der Waals surface area contributed by atoms with Crippen LogP contribution in [0.5, 0.6) is 0 Å². The number of aromatic nitrogens is 2. The van der Waals surface area contributed by atoms with Crippen molar-refractivity contribution in [3.63, 3.8) is 0 Å². The van der Waals surface area contributed by atoms with Gasteiger partial charge in [0.25, 0.3) is 0 Å². The van der Waals surface area contributed by atoms with E-state index in [0.717, 1.165) is 15.1 Å². The number of halogens is 1. The van der Waals surface area contributed by atoms with Crippen LogP contribution in [0.25, 0.3) is 10.9 Å². The van der Waals surface area contributed by atoms with Crippen molar-refractivity contribution in [2.75, 3.05) is 5.73 Å². The highest BCUT2D eigenvalue weighted by Gasteiger charge is 2.03. The molecular weight excluding hydrogens is 162 g/mol. The number of nitrogen functional groups attached to an aromatic ring is 1. The van der Waals surface area contributed by atoms with Crippen molar-refractivity contribution < 1.29 is 0 Å². The summed E-state index contributed by atoms with van der Waals surface area (Å²) >= 11 is 5.63. The second kappa shape index (κ2) is 2.13. The van der Waals surface area contributed by atoms with Crippen LogP contribution in [0.2, 0.25) is 0 Å². The van der Waals surface area contributed by atoms with Crippen molar-refractivity contribution in [3.8, 4) is 0 Å². The molecule has 3 nitrogen and oxygen atoms in total. The molecule has 2 rings (SSSR count). The first kappa shape index (κ1) is 6.49. The molecule has 0 bridgehead atoms. The fourth-order valence-corrected chi connectivity index (χ4v) is 1.20. The molecule has 0 aliphatic heterocycles. The topological polar surface area (TPSA) is 43.8 Å². The fraction of sp³-hybridized carbons (Fsp3) is 0. The monoisotopic (exact) mass is 167 g/mol. The lowest BCUT2D eigenvalue weighted by Crippen LogP contribution is -1.91. The molecule has 1 aromatic heterocycles. The molecule has 0 aliphatic rings. The number of nitrogens with two attached hydrogens (primary N) is 1. The fourth-order valence-electron chi connectivity index (χ4n) is 1.03. The van der Waals surface area contributed by atoms with E-state index in [2.05, 4.69) is 5.10 Å². The normalized spacial score (nSPS) is 10.6. The highest BCUT2D eigenvalue weighted by molar-refractivity contribution is 6.18. The molecule has 0 spiro atoms. The van der Waals surface area contributed by atoms with E-state index in [-0.39, 0.29) is 0 Å². The molecule has 0 fully saturated rings. The quantitative estimate of drug-likeness (QED) is 0.648. The summed E-state index contributed by atoms with van der Waals surface area (Å²) in [5, 5.41) is 4.86. The van der Waals surface area contributed by atoms with Crippen LogP contribution in [0.1, 0.15) is 0 Å². The van der Waals surface area contributed by atoms with Crippen molar-refractivity contribution in [3.05, 3.63) is 24.3 Å². The zero-order valence-corrected chi connectivity index (χ0v) is 6.42. The Balaban J connectivity index is 2.92. The molecule has 0 amide bonds. The molecule has 1 aromatic carbocycles. The van der Waals surface area contributed by atoms with Crippen LogP contribution >= 0.6 is 11.8 Å². The maximum atomic E-state index is 5.63. The smallest absolute Gasteiger partial charge is 0.148 e. The summed E-state index contributed by atoms with van der Waals surface area (Å²) in [4.78, 5) is 0. The molecule has 2 N–H and O–H groups in total. The van der Waals surface area contributed by atoms with E-state index in [0.29, 0.717) is 5.82 Å². The van der Waals surface area contributed by atoms with Gasteiger partial charge in [-0.2, -0.15) is 9.30 Å². The first-order chi connectivity index (χ1) is 5.29. The second-order valence-electron chi connectivity index (χ2n) is 2.26. The van der Waals surface area contributed by atoms with Gasteiger partial charge in [0.05, 0.1) is 5.52 Å². The Morgan fingerprint density at radius 1 is 1.36 bits per heavy atom. The van der Waals surface area contributed by atoms with Crippen molar-refractivity contribution in [1.82, 2.24) is 9.30 Å². The molecule has 2 aromatic rings. The standard InChI is InChI=1S/C7H6ClN3/c8-11-7(9)5-3-1-2-4-6(5)10-11/h1-4H,9H2. The Labute approximate surface area is 68.5 Å². The molecule has 0 radical (unpaired) electrons. The molecule has 56 valence electrons. The lowest BCUT2D eigenvalue weighted by Gasteiger charge is -1.87. The molecule has 4 heteroatoms. The van der Waals surface area contributed by atoms with Crippen LogP contribution in [0, 0.1) is 0 Å². The summed E-state index contributed by atoms with van der Waals surface area (Å²) in [6.07, 6.45) is 0. The molecule has 0 atom stereocenters. The van der Waals surface area contributed by atoms with Gasteiger partial charge >= 0.3 is 0 Å². The molecule has 0 aliphatic carbocycles. The molecule has 0 saturated carbocycles. The minimum Gasteiger partial charge on any atom is -0.382 e. The number of anilines is 1. The number of nitrogens with zero attached hydrogens (tertiary/aromatic N) is 2. The first-order valence-electron chi connectivity index (χ1n) is 3.18. The summed E-state index contributed by atoms with van der Waals surface area (Å²) in [5.41, 5.74) is 6.43. The van der Waals surface area contributed by atoms with Crippen LogP contribution in [-0.4, -0.2) is 9.30 Å². The van der Waals surface area contributed by atoms with Gasteiger partial charge in [0.2, 0.25) is 0 Å². The van der Waals surface area contributed by atoms with Crippen molar-refractivity contribution in [1.29, 1.82) is 0 Å². The molecule has 1 heterocycles. The number of rotatable bonds is 0. The summed E-state index contributed by atoms with van der Waals surface area (Å²) in [6.45, 7) is 0. The third-order valence-corrected chi connectivity index (χ3v) is 1.83. The first-order valence-corrected chi connectivity index (χ1v) is 3.52. The van der Waals surface area contributed by atoms with E-state index in [1.54, 1.807) is 0 Å².